The van der Waals surface area contributed by atoms with Crippen molar-refractivity contribution in [2.24, 2.45) is 0 Å². The smallest absolute Gasteiger partial charge is 0.264 e. The first-order valence-corrected chi connectivity index (χ1v) is 18.0. The van der Waals surface area contributed by atoms with Crippen LogP contribution in [0.3, 0.4) is 0 Å². The van der Waals surface area contributed by atoms with Crippen LogP contribution >= 0.6 is 0 Å². The zero-order valence-electron chi connectivity index (χ0n) is 27.4. The van der Waals surface area contributed by atoms with Crippen LogP contribution in [-0.2, 0) is 32.6 Å². The van der Waals surface area contributed by atoms with Gasteiger partial charge in [-0.2, -0.15) is 0 Å². The zero-order chi connectivity index (χ0) is 34.4. The molecule has 1 atom stereocenters. The molecule has 1 aliphatic carbocycles. The average molecular weight is 686 g/mol. The Hall–Kier alpha value is -4.90. The summed E-state index contributed by atoms with van der Waals surface area (Å²) in [6.45, 7) is 1.96. The molecule has 0 bridgehead atoms. The van der Waals surface area contributed by atoms with E-state index in [-0.39, 0.29) is 47.9 Å². The van der Waals surface area contributed by atoms with E-state index in [1.165, 1.54) is 35.2 Å². The van der Waals surface area contributed by atoms with Crippen molar-refractivity contribution < 1.29 is 31.9 Å². The van der Waals surface area contributed by atoms with E-state index in [4.69, 9.17) is 9.47 Å². The van der Waals surface area contributed by atoms with Crippen LogP contribution in [0.2, 0.25) is 0 Å². The van der Waals surface area contributed by atoms with Gasteiger partial charge in [0.2, 0.25) is 11.8 Å². The third-order valence-electron chi connectivity index (χ3n) is 9.07. The molecule has 49 heavy (non-hydrogen) atoms. The van der Waals surface area contributed by atoms with Crippen LogP contribution in [0.15, 0.2) is 102 Å². The van der Waals surface area contributed by atoms with Gasteiger partial charge in [-0.15, -0.1) is 0 Å². The number of benzene rings is 4. The molecule has 1 heterocycles. The van der Waals surface area contributed by atoms with Crippen molar-refractivity contribution in [1.82, 2.24) is 10.2 Å². The van der Waals surface area contributed by atoms with Crippen LogP contribution in [0.4, 0.5) is 10.1 Å². The first kappa shape index (κ1) is 34.0. The van der Waals surface area contributed by atoms with Gasteiger partial charge in [-0.1, -0.05) is 67.4 Å². The molecule has 256 valence electrons. The Balaban J connectivity index is 1.40. The minimum Gasteiger partial charge on any atom is -0.486 e. The molecule has 11 heteroatoms. The molecule has 0 aromatic heterocycles. The number of carbonyl (C=O) groups excluding carboxylic acids is 2. The normalized spacial score (nSPS) is 15.0. The number of anilines is 1. The maximum absolute atomic E-state index is 14.7. The van der Waals surface area contributed by atoms with E-state index in [0.717, 1.165) is 58.8 Å². The fraction of sp³-hybridized carbons (Fsp3) is 0.316. The Bertz CT molecular complexity index is 1880. The molecule has 6 rings (SSSR count). The first-order valence-electron chi connectivity index (χ1n) is 16.6. The zero-order valence-corrected chi connectivity index (χ0v) is 28.2. The monoisotopic (exact) mass is 685 g/mol. The number of rotatable bonds is 12. The highest BCUT2D eigenvalue weighted by Crippen LogP contribution is 2.34. The summed E-state index contributed by atoms with van der Waals surface area (Å²) in [6, 6.07) is 25.3. The van der Waals surface area contributed by atoms with Crippen LogP contribution < -0.4 is 19.1 Å². The minimum atomic E-state index is -4.41. The van der Waals surface area contributed by atoms with E-state index in [1.807, 2.05) is 61.5 Å². The van der Waals surface area contributed by atoms with E-state index in [0.29, 0.717) is 12.4 Å². The van der Waals surface area contributed by atoms with Crippen molar-refractivity contribution in [1.29, 1.82) is 0 Å². The number of fused-ring (bicyclic) bond motifs is 1. The molecule has 1 N–H and O–H groups in total. The van der Waals surface area contributed by atoms with E-state index in [1.54, 1.807) is 0 Å². The fourth-order valence-electron chi connectivity index (χ4n) is 6.34. The molecule has 1 fully saturated rings. The molecule has 1 unspecified atom stereocenters. The second kappa shape index (κ2) is 15.1. The third kappa shape index (κ3) is 8.05. The number of ether oxygens (including phenoxy) is 2. The Labute approximate surface area is 286 Å². The van der Waals surface area contributed by atoms with Crippen molar-refractivity contribution in [3.8, 4) is 11.5 Å². The van der Waals surface area contributed by atoms with Crippen LogP contribution in [0.1, 0.15) is 42.4 Å². The minimum absolute atomic E-state index is 0.00693. The quantitative estimate of drug-likeness (QED) is 0.202. The molecule has 0 saturated heterocycles. The lowest BCUT2D eigenvalue weighted by molar-refractivity contribution is -0.140. The Kier molecular flexibility index (Phi) is 10.5. The van der Waals surface area contributed by atoms with Gasteiger partial charge in [0.25, 0.3) is 10.0 Å². The molecule has 2 aliphatic rings. The van der Waals surface area contributed by atoms with Crippen molar-refractivity contribution >= 4 is 27.5 Å². The number of carbonyl (C=O) groups is 2. The number of hydrogen-bond acceptors (Lipinski definition) is 6. The molecule has 4 aromatic carbocycles. The van der Waals surface area contributed by atoms with Crippen molar-refractivity contribution in [2.45, 2.75) is 62.6 Å². The van der Waals surface area contributed by atoms with Crippen molar-refractivity contribution in [3.63, 3.8) is 0 Å². The SMILES string of the molecule is Cc1ccccc1CN(C(=O)CN(c1ccc(F)cc1)S(=O)(=O)c1ccc2c(c1)OCCO2)C(Cc1ccccc1)C(=O)NC1CCCC1. The van der Waals surface area contributed by atoms with E-state index >= 15 is 0 Å². The van der Waals surface area contributed by atoms with Crippen LogP contribution in [-0.4, -0.2) is 57.0 Å². The summed E-state index contributed by atoms with van der Waals surface area (Å²) in [5.41, 5.74) is 2.70. The van der Waals surface area contributed by atoms with Gasteiger partial charge >= 0.3 is 0 Å². The van der Waals surface area contributed by atoms with E-state index in [9.17, 15) is 22.4 Å². The van der Waals surface area contributed by atoms with Crippen molar-refractivity contribution in [2.75, 3.05) is 24.1 Å². The molecular formula is C38H40FN3O6S. The lowest BCUT2D eigenvalue weighted by atomic mass is 10.0. The molecular weight excluding hydrogens is 645 g/mol. The van der Waals surface area contributed by atoms with Gasteiger partial charge in [0.05, 0.1) is 10.6 Å². The van der Waals surface area contributed by atoms with Crippen LogP contribution in [0.25, 0.3) is 0 Å². The fourth-order valence-corrected chi connectivity index (χ4v) is 7.77. The summed E-state index contributed by atoms with van der Waals surface area (Å²) in [5.74, 6) is -0.752. The number of hydrogen-bond donors (Lipinski definition) is 1. The van der Waals surface area contributed by atoms with Gasteiger partial charge in [-0.3, -0.25) is 13.9 Å². The highest BCUT2D eigenvalue weighted by atomic mass is 32.2. The number of halogens is 1. The third-order valence-corrected chi connectivity index (χ3v) is 10.8. The number of nitrogens with zero attached hydrogens (tertiary/aromatic N) is 2. The second-order valence-corrected chi connectivity index (χ2v) is 14.3. The highest BCUT2D eigenvalue weighted by molar-refractivity contribution is 7.92. The summed E-state index contributed by atoms with van der Waals surface area (Å²) in [7, 11) is -4.41. The molecule has 9 nitrogen and oxygen atoms in total. The highest BCUT2D eigenvalue weighted by Gasteiger charge is 2.36. The van der Waals surface area contributed by atoms with Gasteiger partial charge < -0.3 is 19.7 Å². The predicted molar refractivity (Wildman–Crippen MR) is 184 cm³/mol. The van der Waals surface area contributed by atoms with Crippen LogP contribution in [0, 0.1) is 12.7 Å². The van der Waals surface area contributed by atoms with E-state index in [2.05, 4.69) is 5.32 Å². The number of sulfonamides is 1. The second-order valence-electron chi connectivity index (χ2n) is 12.4. The number of aryl methyl sites for hydroxylation is 1. The Morgan fingerprint density at radius 1 is 0.878 bits per heavy atom. The van der Waals surface area contributed by atoms with Gasteiger partial charge in [0.15, 0.2) is 11.5 Å². The predicted octanol–water partition coefficient (Wildman–Crippen LogP) is 5.80. The standard InChI is InChI=1S/C38H40FN3O6S/c1-27-9-5-6-12-29(27)25-41(34(23-28-10-3-2-4-11-28)38(44)40-31-13-7-8-14-31)37(43)26-42(32-17-15-30(39)16-18-32)49(45,46)33-19-20-35-36(24-33)48-22-21-47-35/h2-6,9-12,15-20,24,31,34H,7-8,13-14,21-23,25-26H2,1H3,(H,40,44). The van der Waals surface area contributed by atoms with Gasteiger partial charge in [-0.25, -0.2) is 12.8 Å². The summed E-state index contributed by atoms with van der Waals surface area (Å²) < 4.78 is 55.0. The lowest BCUT2D eigenvalue weighted by Gasteiger charge is -2.34. The molecule has 2 amide bonds. The number of nitrogens with one attached hydrogen (secondary N) is 1. The molecule has 1 aliphatic heterocycles. The first-order chi connectivity index (χ1) is 23.7. The lowest BCUT2D eigenvalue weighted by Crippen LogP contribution is -2.54. The maximum Gasteiger partial charge on any atom is 0.264 e. The molecule has 0 spiro atoms. The summed E-state index contributed by atoms with van der Waals surface area (Å²) in [4.78, 5) is 30.2. The summed E-state index contributed by atoms with van der Waals surface area (Å²) >= 11 is 0. The van der Waals surface area contributed by atoms with E-state index < -0.39 is 34.3 Å². The topological polar surface area (TPSA) is 105 Å². The maximum atomic E-state index is 14.7. The summed E-state index contributed by atoms with van der Waals surface area (Å²) in [5, 5.41) is 3.18. The largest absolute Gasteiger partial charge is 0.486 e. The summed E-state index contributed by atoms with van der Waals surface area (Å²) in [6.07, 6.45) is 3.99. The van der Waals surface area contributed by atoms with Gasteiger partial charge in [0.1, 0.15) is 31.6 Å². The van der Waals surface area contributed by atoms with Crippen LogP contribution in [0.5, 0.6) is 11.5 Å². The Morgan fingerprint density at radius 3 is 2.27 bits per heavy atom. The van der Waals surface area contributed by atoms with Gasteiger partial charge in [-0.05, 0) is 72.9 Å². The number of amides is 2. The molecule has 4 aromatic rings. The Morgan fingerprint density at radius 2 is 1.55 bits per heavy atom. The molecule has 0 radical (unpaired) electrons. The average Bonchev–Trinajstić information content (AvgIpc) is 3.63. The van der Waals surface area contributed by atoms with Crippen molar-refractivity contribution in [3.05, 3.63) is 120 Å². The molecule has 1 saturated carbocycles. The van der Waals surface area contributed by atoms with Gasteiger partial charge in [0, 0.05) is 25.1 Å².